The molecule has 0 aromatic heterocycles. The minimum atomic E-state index is -0.193. The zero-order valence-electron chi connectivity index (χ0n) is 5.04. The average Bonchev–Trinajstić information content (AvgIpc) is 1.97. The van der Waals surface area contributed by atoms with E-state index in [1.54, 1.807) is 0 Å². The van der Waals surface area contributed by atoms with Crippen molar-refractivity contribution in [2.45, 2.75) is 0 Å². The van der Waals surface area contributed by atoms with Crippen LogP contribution in [0.25, 0.3) is 0 Å². The fourth-order valence-electron chi connectivity index (χ4n) is 0.557. The van der Waals surface area contributed by atoms with Gasteiger partial charge >= 0.3 is 0 Å². The first-order chi connectivity index (χ1) is 5.04. The van der Waals surface area contributed by atoms with Crippen molar-refractivity contribution in [2.75, 3.05) is 0 Å². The van der Waals surface area contributed by atoms with Crippen molar-refractivity contribution in [1.82, 2.24) is 0 Å². The number of benzene rings is 1. The summed E-state index contributed by atoms with van der Waals surface area (Å²) in [4.78, 5) is 0. The Bertz CT molecular complexity index is 274. The van der Waals surface area contributed by atoms with Gasteiger partial charge in [-0.3, -0.25) is 0 Å². The van der Waals surface area contributed by atoms with Crippen LogP contribution in [0.1, 0.15) is 0 Å². The molecule has 1 N–H and O–H groups in total. The number of hydrogen-bond acceptors (Lipinski definition) is 1. The van der Waals surface area contributed by atoms with Crippen LogP contribution >= 0.6 is 50.7 Å². The molecule has 60 valence electrons. The largest absolute Gasteiger partial charge is 0.505 e. The normalized spacial score (nSPS) is 10.2. The second-order valence-corrected chi connectivity index (χ2v) is 3.83. The molecule has 0 unspecified atom stereocenters. The molecule has 0 aliphatic rings. The number of halogens is 4. The predicted molar refractivity (Wildman–Crippen MR) is 50.8 cm³/mol. The van der Waals surface area contributed by atoms with E-state index in [4.69, 9.17) is 39.9 Å². The van der Waals surface area contributed by atoms with Crippen LogP contribution in [0.2, 0.25) is 15.1 Å². The SMILES string of the molecule is Oc1c(Cl)cc(Br)c(Cl)c1Cl. The van der Waals surface area contributed by atoms with Gasteiger partial charge in [-0.25, -0.2) is 0 Å². The summed E-state index contributed by atoms with van der Waals surface area (Å²) in [7, 11) is 0. The van der Waals surface area contributed by atoms with Crippen LogP contribution in [0, 0.1) is 0 Å². The van der Waals surface area contributed by atoms with Gasteiger partial charge in [-0.05, 0) is 22.0 Å². The molecule has 1 aromatic rings. The third kappa shape index (κ3) is 1.75. The Hall–Kier alpha value is 0.370. The lowest BCUT2D eigenvalue weighted by molar-refractivity contribution is 0.476. The van der Waals surface area contributed by atoms with E-state index in [2.05, 4.69) is 15.9 Å². The molecule has 0 fully saturated rings. The highest BCUT2D eigenvalue weighted by Crippen LogP contribution is 2.41. The van der Waals surface area contributed by atoms with Crippen molar-refractivity contribution < 1.29 is 5.11 Å². The summed E-state index contributed by atoms with van der Waals surface area (Å²) in [5.74, 6) is -0.193. The maximum Gasteiger partial charge on any atom is 0.154 e. The summed E-state index contributed by atoms with van der Waals surface area (Å²) >= 11 is 19.9. The van der Waals surface area contributed by atoms with Crippen molar-refractivity contribution in [3.8, 4) is 5.75 Å². The molecule has 0 bridgehead atoms. The number of rotatable bonds is 0. The van der Waals surface area contributed by atoms with Gasteiger partial charge < -0.3 is 5.11 Å². The van der Waals surface area contributed by atoms with Crippen molar-refractivity contribution in [2.24, 2.45) is 0 Å². The molecule has 11 heavy (non-hydrogen) atoms. The van der Waals surface area contributed by atoms with Gasteiger partial charge in [0.05, 0.1) is 10.0 Å². The van der Waals surface area contributed by atoms with Crippen molar-refractivity contribution in [3.63, 3.8) is 0 Å². The lowest BCUT2D eigenvalue weighted by atomic mass is 10.3. The Balaban J connectivity index is 3.46. The van der Waals surface area contributed by atoms with Gasteiger partial charge in [0.1, 0.15) is 5.02 Å². The van der Waals surface area contributed by atoms with E-state index in [1.807, 2.05) is 0 Å². The Morgan fingerprint density at radius 3 is 2.27 bits per heavy atom. The van der Waals surface area contributed by atoms with Gasteiger partial charge in [0.15, 0.2) is 5.75 Å². The monoisotopic (exact) mass is 274 g/mol. The highest BCUT2D eigenvalue weighted by atomic mass is 79.9. The number of phenols is 1. The summed E-state index contributed by atoms with van der Waals surface area (Å²) < 4.78 is 0.562. The van der Waals surface area contributed by atoms with Crippen molar-refractivity contribution in [1.29, 1.82) is 0 Å². The molecule has 0 spiro atoms. The van der Waals surface area contributed by atoms with Crippen LogP contribution < -0.4 is 0 Å². The second kappa shape index (κ2) is 3.40. The Labute approximate surface area is 87.0 Å². The third-order valence-electron chi connectivity index (χ3n) is 1.09. The zero-order valence-corrected chi connectivity index (χ0v) is 8.89. The van der Waals surface area contributed by atoms with E-state index < -0.39 is 0 Å². The number of phenolic OH excluding ortho intramolecular Hbond substituents is 1. The van der Waals surface area contributed by atoms with Gasteiger partial charge in [-0.15, -0.1) is 0 Å². The van der Waals surface area contributed by atoms with Crippen LogP contribution in [0.5, 0.6) is 5.75 Å². The molecular weight excluding hydrogens is 274 g/mol. The molecule has 0 atom stereocenters. The minimum Gasteiger partial charge on any atom is -0.505 e. The summed E-state index contributed by atoms with van der Waals surface area (Å²) in [5, 5.41) is 9.63. The molecule has 1 aromatic carbocycles. The van der Waals surface area contributed by atoms with Crippen LogP contribution in [0.15, 0.2) is 10.5 Å². The van der Waals surface area contributed by atoms with Crippen LogP contribution in [-0.4, -0.2) is 5.11 Å². The fraction of sp³-hybridized carbons (Fsp3) is 0. The molecule has 0 aliphatic carbocycles. The highest BCUT2D eigenvalue weighted by Gasteiger charge is 2.11. The first-order valence-corrected chi connectivity index (χ1v) is 4.48. The molecule has 0 saturated heterocycles. The quantitative estimate of drug-likeness (QED) is 0.558. The molecule has 5 heteroatoms. The average molecular weight is 276 g/mol. The predicted octanol–water partition coefficient (Wildman–Crippen LogP) is 4.11. The van der Waals surface area contributed by atoms with Crippen LogP contribution in [0.3, 0.4) is 0 Å². The number of hydrogen-bond donors (Lipinski definition) is 1. The highest BCUT2D eigenvalue weighted by molar-refractivity contribution is 9.10. The smallest absolute Gasteiger partial charge is 0.154 e. The molecular formula is C6H2BrCl3O. The minimum absolute atomic E-state index is 0.0611. The van der Waals surface area contributed by atoms with Crippen molar-refractivity contribution >= 4 is 50.7 Å². The van der Waals surface area contributed by atoms with E-state index in [-0.39, 0.29) is 20.8 Å². The molecule has 0 radical (unpaired) electrons. The van der Waals surface area contributed by atoms with Gasteiger partial charge in [0.25, 0.3) is 0 Å². The Kier molecular flexibility index (Phi) is 2.92. The molecule has 0 aliphatic heterocycles. The topological polar surface area (TPSA) is 20.2 Å². The van der Waals surface area contributed by atoms with E-state index in [0.717, 1.165) is 0 Å². The molecule has 1 rings (SSSR count). The van der Waals surface area contributed by atoms with Crippen molar-refractivity contribution in [3.05, 3.63) is 25.6 Å². The van der Waals surface area contributed by atoms with Crippen LogP contribution in [-0.2, 0) is 0 Å². The van der Waals surface area contributed by atoms with E-state index in [9.17, 15) is 0 Å². The Morgan fingerprint density at radius 1 is 1.18 bits per heavy atom. The van der Waals surface area contributed by atoms with Gasteiger partial charge in [-0.2, -0.15) is 0 Å². The molecule has 0 amide bonds. The van der Waals surface area contributed by atoms with Gasteiger partial charge in [0.2, 0.25) is 0 Å². The van der Waals surface area contributed by atoms with Crippen LogP contribution in [0.4, 0.5) is 0 Å². The molecule has 0 saturated carbocycles. The summed E-state index contributed by atoms with van der Waals surface area (Å²) in [5.41, 5.74) is 0. The summed E-state index contributed by atoms with van der Waals surface area (Å²) in [6.45, 7) is 0. The maximum atomic E-state index is 9.14. The van der Waals surface area contributed by atoms with E-state index in [0.29, 0.717) is 4.47 Å². The van der Waals surface area contributed by atoms with E-state index >= 15 is 0 Å². The zero-order chi connectivity index (χ0) is 8.59. The Morgan fingerprint density at radius 2 is 1.73 bits per heavy atom. The maximum absolute atomic E-state index is 9.14. The lowest BCUT2D eigenvalue weighted by Gasteiger charge is -2.02. The van der Waals surface area contributed by atoms with Gasteiger partial charge in [-0.1, -0.05) is 34.8 Å². The molecule has 1 nitrogen and oxygen atoms in total. The first-order valence-electron chi connectivity index (χ1n) is 2.56. The van der Waals surface area contributed by atoms with Gasteiger partial charge in [0, 0.05) is 4.47 Å². The second-order valence-electron chi connectivity index (χ2n) is 1.82. The first kappa shape index (κ1) is 9.46. The molecule has 0 heterocycles. The standard InChI is InChI=1S/C6H2BrCl3O/c7-2-1-3(8)6(11)5(10)4(2)9/h1,11H. The third-order valence-corrected chi connectivity index (χ3v) is 3.09. The lowest BCUT2D eigenvalue weighted by Crippen LogP contribution is -1.75. The summed E-state index contributed by atoms with van der Waals surface area (Å²) in [6, 6.07) is 1.48. The van der Waals surface area contributed by atoms with E-state index in [1.165, 1.54) is 6.07 Å². The fourth-order valence-corrected chi connectivity index (χ4v) is 1.83. The summed E-state index contributed by atoms with van der Waals surface area (Å²) in [6.07, 6.45) is 0. The number of aromatic hydroxyl groups is 1.